The van der Waals surface area contributed by atoms with Gasteiger partial charge in [0.2, 0.25) is 15.9 Å². The molecule has 0 N–H and O–H groups in total. The largest absolute Gasteiger partial charge is 0.439 e. The van der Waals surface area contributed by atoms with Gasteiger partial charge in [-0.05, 0) is 30.3 Å². The Morgan fingerprint density at radius 3 is 2.26 bits per heavy atom. The molecule has 3 aromatic rings. The van der Waals surface area contributed by atoms with E-state index in [0.29, 0.717) is 17.1 Å². The summed E-state index contributed by atoms with van der Waals surface area (Å²) in [6, 6.07) is 9.62. The zero-order chi connectivity index (χ0) is 27.7. The van der Waals surface area contributed by atoms with Gasteiger partial charge in [0.1, 0.15) is 11.4 Å². The number of carbonyl (C=O) groups excluding carboxylic acids is 1. The van der Waals surface area contributed by atoms with Crippen LogP contribution in [-0.4, -0.2) is 71.6 Å². The summed E-state index contributed by atoms with van der Waals surface area (Å²) in [5.74, 6) is -1.27. The van der Waals surface area contributed by atoms with Crippen molar-refractivity contribution in [3.05, 3.63) is 59.9 Å². The second-order valence-corrected chi connectivity index (χ2v) is 10.5. The van der Waals surface area contributed by atoms with Crippen LogP contribution in [0.5, 0.6) is 11.6 Å². The summed E-state index contributed by atoms with van der Waals surface area (Å²) in [7, 11) is -4.10. The molecule has 15 heteroatoms. The van der Waals surface area contributed by atoms with Crippen LogP contribution in [0.4, 0.5) is 26.3 Å². The lowest BCUT2D eigenvalue weighted by Crippen LogP contribution is -2.51. The van der Waals surface area contributed by atoms with Gasteiger partial charge in [-0.15, -0.1) is 0 Å². The van der Waals surface area contributed by atoms with Crippen LogP contribution in [0.1, 0.15) is 22.5 Å². The summed E-state index contributed by atoms with van der Waals surface area (Å²) in [6.07, 6.45) is -9.88. The topological polar surface area (TPSA) is 92.7 Å². The van der Waals surface area contributed by atoms with E-state index in [2.05, 4.69) is 9.97 Å². The van der Waals surface area contributed by atoms with Crippen molar-refractivity contribution in [1.29, 1.82) is 0 Å². The minimum atomic E-state index is -4.58. The van der Waals surface area contributed by atoms with Crippen LogP contribution < -0.4 is 4.74 Å². The minimum absolute atomic E-state index is 0.00327. The number of hydrogen-bond acceptors (Lipinski definition) is 6. The number of carbonyl (C=O) groups is 1. The molecule has 0 bridgehead atoms. The van der Waals surface area contributed by atoms with Crippen LogP contribution in [0.15, 0.2) is 48.7 Å². The smallest absolute Gasteiger partial charge is 0.417 e. The molecule has 0 spiro atoms. The molecule has 0 atom stereocenters. The quantitative estimate of drug-likeness (QED) is 0.412. The first-order chi connectivity index (χ1) is 17.7. The molecule has 3 heterocycles. The number of pyridine rings is 2. The molecule has 0 radical (unpaired) electrons. The van der Waals surface area contributed by atoms with E-state index in [1.54, 1.807) is 18.2 Å². The van der Waals surface area contributed by atoms with Gasteiger partial charge in [0.25, 0.3) is 5.91 Å². The highest BCUT2D eigenvalue weighted by Gasteiger charge is 2.34. The Balaban J connectivity index is 1.39. The van der Waals surface area contributed by atoms with E-state index < -0.39 is 46.0 Å². The molecule has 1 aliphatic rings. The average molecular weight is 562 g/mol. The number of amides is 1. The normalized spacial score (nSPS) is 15.6. The number of ether oxygens (including phenoxy) is 1. The number of alkyl halides is 6. The first-order valence-electron chi connectivity index (χ1n) is 11.2. The molecule has 0 saturated carbocycles. The maximum Gasteiger partial charge on any atom is 0.417 e. The van der Waals surface area contributed by atoms with Crippen LogP contribution >= 0.6 is 0 Å². The molecule has 2 aromatic heterocycles. The minimum Gasteiger partial charge on any atom is -0.439 e. The third-order valence-corrected chi connectivity index (χ3v) is 7.60. The number of hydrogen-bond donors (Lipinski definition) is 0. The van der Waals surface area contributed by atoms with Crippen molar-refractivity contribution < 1.29 is 44.3 Å². The summed E-state index contributed by atoms with van der Waals surface area (Å²) < 4.78 is 106. The maximum absolute atomic E-state index is 12.9. The highest BCUT2D eigenvalue weighted by molar-refractivity contribution is 7.89. The predicted octanol–water partition coefficient (Wildman–Crippen LogP) is 4.48. The van der Waals surface area contributed by atoms with E-state index in [1.807, 2.05) is 0 Å². The Labute approximate surface area is 212 Å². The molecule has 4 rings (SSSR count). The number of aromatic nitrogens is 2. The van der Waals surface area contributed by atoms with Gasteiger partial charge in [-0.3, -0.25) is 4.79 Å². The van der Waals surface area contributed by atoms with E-state index in [1.165, 1.54) is 17.0 Å². The van der Waals surface area contributed by atoms with Crippen molar-refractivity contribution >= 4 is 26.8 Å². The fourth-order valence-electron chi connectivity index (χ4n) is 3.72. The molecular weight excluding hydrogens is 542 g/mol. The Kier molecular flexibility index (Phi) is 7.52. The SMILES string of the molecule is O=C(c1ccc2cc(Oc3ccc(C(F)(F)F)cn3)ccc2n1)N1CCN(S(=O)(=O)CCC(F)(F)F)CC1. The Hall–Kier alpha value is -3.46. The van der Waals surface area contributed by atoms with Crippen molar-refractivity contribution in [2.24, 2.45) is 0 Å². The summed E-state index contributed by atoms with van der Waals surface area (Å²) in [4.78, 5) is 22.2. The molecule has 8 nitrogen and oxygen atoms in total. The van der Waals surface area contributed by atoms with Gasteiger partial charge in [-0.1, -0.05) is 6.07 Å². The highest BCUT2D eigenvalue weighted by atomic mass is 32.2. The van der Waals surface area contributed by atoms with Crippen LogP contribution in [0, 0.1) is 0 Å². The summed E-state index contributed by atoms with van der Waals surface area (Å²) in [6.45, 7) is -0.260. The molecule has 38 heavy (non-hydrogen) atoms. The van der Waals surface area contributed by atoms with Gasteiger partial charge < -0.3 is 9.64 Å². The second kappa shape index (κ2) is 10.4. The van der Waals surface area contributed by atoms with Gasteiger partial charge in [-0.2, -0.15) is 30.6 Å². The first-order valence-corrected chi connectivity index (χ1v) is 12.8. The van der Waals surface area contributed by atoms with Crippen molar-refractivity contribution in [2.45, 2.75) is 18.8 Å². The number of benzene rings is 1. The van der Waals surface area contributed by atoms with Crippen molar-refractivity contribution in [3.8, 4) is 11.6 Å². The summed E-state index contributed by atoms with van der Waals surface area (Å²) in [5, 5.41) is 0.575. The lowest BCUT2D eigenvalue weighted by Gasteiger charge is -2.34. The van der Waals surface area contributed by atoms with Crippen LogP contribution in [0.3, 0.4) is 0 Å². The third-order valence-electron chi connectivity index (χ3n) is 5.73. The number of sulfonamides is 1. The number of nitrogens with zero attached hydrogens (tertiary/aromatic N) is 4. The Morgan fingerprint density at radius 2 is 1.66 bits per heavy atom. The van der Waals surface area contributed by atoms with Crippen molar-refractivity contribution in [3.63, 3.8) is 0 Å². The van der Waals surface area contributed by atoms with Crippen LogP contribution in [0.2, 0.25) is 0 Å². The van der Waals surface area contributed by atoms with Gasteiger partial charge in [-0.25, -0.2) is 18.4 Å². The molecule has 1 fully saturated rings. The number of rotatable bonds is 6. The molecule has 1 aromatic carbocycles. The summed E-state index contributed by atoms with van der Waals surface area (Å²) >= 11 is 0. The standard InChI is InChI=1S/C23H20F6N4O4S/c24-22(25,26)7-12-38(35,36)33-10-8-32(9-11-33)21(34)19-4-1-15-13-17(3-5-18(15)31-19)37-20-6-2-16(14-30-20)23(27,28)29/h1-6,13-14H,7-12H2. The predicted molar refractivity (Wildman–Crippen MR) is 123 cm³/mol. The Bertz CT molecular complexity index is 1420. The van der Waals surface area contributed by atoms with Gasteiger partial charge in [0, 0.05) is 43.8 Å². The lowest BCUT2D eigenvalue weighted by molar-refractivity contribution is -0.137. The number of piperazine rings is 1. The zero-order valence-electron chi connectivity index (χ0n) is 19.5. The Morgan fingerprint density at radius 1 is 0.947 bits per heavy atom. The maximum atomic E-state index is 12.9. The van der Waals surface area contributed by atoms with Crippen molar-refractivity contribution in [2.75, 3.05) is 31.9 Å². The van der Waals surface area contributed by atoms with E-state index in [0.717, 1.165) is 16.4 Å². The molecule has 1 amide bonds. The molecule has 1 saturated heterocycles. The van der Waals surface area contributed by atoms with Crippen molar-refractivity contribution in [1.82, 2.24) is 19.2 Å². The van der Waals surface area contributed by atoms with E-state index in [9.17, 15) is 39.6 Å². The average Bonchev–Trinajstić information content (AvgIpc) is 2.86. The molecular formula is C23H20F6N4O4S. The van der Waals surface area contributed by atoms with Gasteiger partial charge in [0.15, 0.2) is 0 Å². The highest BCUT2D eigenvalue weighted by Crippen LogP contribution is 2.30. The van der Waals surface area contributed by atoms with Crippen LogP contribution in [-0.2, 0) is 16.2 Å². The van der Waals surface area contributed by atoms with E-state index in [4.69, 9.17) is 4.74 Å². The fraction of sp³-hybridized carbons (Fsp3) is 0.348. The van der Waals surface area contributed by atoms with Gasteiger partial charge in [0.05, 0.1) is 23.3 Å². The first kappa shape index (κ1) is 27.6. The molecule has 0 aliphatic carbocycles. The number of halogens is 6. The van der Waals surface area contributed by atoms with Crippen LogP contribution in [0.25, 0.3) is 10.9 Å². The molecule has 1 aliphatic heterocycles. The monoisotopic (exact) mass is 562 g/mol. The fourth-order valence-corrected chi connectivity index (χ4v) is 5.19. The third kappa shape index (κ3) is 6.69. The number of fused-ring (bicyclic) bond motifs is 1. The second-order valence-electron chi connectivity index (χ2n) is 8.41. The van der Waals surface area contributed by atoms with E-state index in [-0.39, 0.29) is 43.5 Å². The zero-order valence-corrected chi connectivity index (χ0v) is 20.3. The van der Waals surface area contributed by atoms with Gasteiger partial charge >= 0.3 is 12.4 Å². The summed E-state index contributed by atoms with van der Waals surface area (Å²) in [5.41, 5.74) is -0.393. The van der Waals surface area contributed by atoms with E-state index >= 15 is 0 Å². The molecule has 204 valence electrons. The molecule has 0 unspecified atom stereocenters. The lowest BCUT2D eigenvalue weighted by atomic mass is 10.2.